The molecule has 0 N–H and O–H groups in total. The number of hydrogen-bond acceptors (Lipinski definition) is 7. The van der Waals surface area contributed by atoms with Crippen LogP contribution in [-0.2, 0) is 17.6 Å². The van der Waals surface area contributed by atoms with Gasteiger partial charge in [-0.1, -0.05) is 0 Å². The first-order chi connectivity index (χ1) is 9.45. The smallest absolute Gasteiger partial charge is 0.342 e. The lowest BCUT2D eigenvalue weighted by molar-refractivity contribution is -0.392. The highest BCUT2D eigenvalue weighted by Gasteiger charge is 2.31. The molecule has 0 amide bonds. The van der Waals surface area contributed by atoms with E-state index in [4.69, 9.17) is 4.42 Å². The number of imidazole rings is 1. The van der Waals surface area contributed by atoms with Gasteiger partial charge in [0, 0.05) is 0 Å². The Morgan fingerprint density at radius 1 is 1.50 bits per heavy atom. The summed E-state index contributed by atoms with van der Waals surface area (Å²) < 4.78 is 29.3. The second-order valence-electron chi connectivity index (χ2n) is 3.93. The number of oxazole rings is 1. The topological polar surface area (TPSA) is 127 Å². The van der Waals surface area contributed by atoms with Gasteiger partial charge in [-0.25, -0.2) is 14.5 Å². The summed E-state index contributed by atoms with van der Waals surface area (Å²) in [4.78, 5) is 18.0. The molecule has 2 heterocycles. The first-order valence-electron chi connectivity index (χ1n) is 5.65. The van der Waals surface area contributed by atoms with Crippen molar-refractivity contribution >= 4 is 16.9 Å². The maximum atomic E-state index is 11.4. The van der Waals surface area contributed by atoms with E-state index in [2.05, 4.69) is 9.97 Å². The Bertz CT molecular complexity index is 664. The number of hydrogen-bond donors (Lipinski definition) is 0. The van der Waals surface area contributed by atoms with Crippen molar-refractivity contribution in [3.8, 4) is 0 Å². The third kappa shape index (κ3) is 2.47. The molecule has 2 aromatic rings. The fourth-order valence-electron chi connectivity index (χ4n) is 1.83. The van der Waals surface area contributed by atoms with E-state index in [0.29, 0.717) is 5.76 Å². The van der Waals surface area contributed by atoms with E-state index in [-0.39, 0.29) is 24.1 Å². The summed E-state index contributed by atoms with van der Waals surface area (Å²) in [6.07, 6.45) is 2.40. The Morgan fingerprint density at radius 2 is 2.20 bits per heavy atom. The largest absolute Gasteiger partial charge is 0.771 e. The molecule has 0 bridgehead atoms. The summed E-state index contributed by atoms with van der Waals surface area (Å²) in [7, 11) is 0. The SMILES string of the molecule is CCn1c([N+](=O)[O-])cnc1C(c1ncc(C)o1)S(=O)[O-]. The van der Waals surface area contributed by atoms with Crippen LogP contribution < -0.4 is 0 Å². The average molecular weight is 299 g/mol. The van der Waals surface area contributed by atoms with Gasteiger partial charge in [-0.05, 0) is 29.9 Å². The van der Waals surface area contributed by atoms with Crippen molar-refractivity contribution in [2.75, 3.05) is 0 Å². The molecule has 2 aromatic heterocycles. The molecular weight excluding hydrogens is 288 g/mol. The maximum absolute atomic E-state index is 11.4. The van der Waals surface area contributed by atoms with Gasteiger partial charge in [-0.15, -0.1) is 0 Å². The molecule has 0 saturated heterocycles. The number of nitro groups is 1. The molecule has 2 rings (SSSR count). The van der Waals surface area contributed by atoms with Crippen LogP contribution in [0.5, 0.6) is 0 Å². The van der Waals surface area contributed by atoms with E-state index >= 15 is 0 Å². The molecule has 0 aliphatic heterocycles. The molecule has 2 unspecified atom stereocenters. The van der Waals surface area contributed by atoms with Gasteiger partial charge in [0.25, 0.3) is 0 Å². The Labute approximate surface area is 116 Å². The molecule has 0 aliphatic rings. The minimum Gasteiger partial charge on any atom is -0.771 e. The Balaban J connectivity index is 2.56. The lowest BCUT2D eigenvalue weighted by Gasteiger charge is -2.14. The van der Waals surface area contributed by atoms with E-state index in [0.717, 1.165) is 6.20 Å². The number of aryl methyl sites for hydroxylation is 1. The molecule has 0 aromatic carbocycles. The highest BCUT2D eigenvalue weighted by atomic mass is 32.2. The fraction of sp³-hybridized carbons (Fsp3) is 0.400. The lowest BCUT2D eigenvalue weighted by Crippen LogP contribution is -2.15. The number of rotatable bonds is 5. The Kier molecular flexibility index (Phi) is 3.95. The summed E-state index contributed by atoms with van der Waals surface area (Å²) in [5.41, 5.74) is 0. The van der Waals surface area contributed by atoms with Crippen LogP contribution in [-0.4, -0.2) is 28.2 Å². The normalized spacial score (nSPS) is 14.2. The Hall–Kier alpha value is -2.07. The van der Waals surface area contributed by atoms with Crippen LogP contribution >= 0.6 is 0 Å². The average Bonchev–Trinajstić information content (AvgIpc) is 2.96. The second-order valence-corrected chi connectivity index (χ2v) is 4.92. The maximum Gasteiger partial charge on any atom is 0.342 e. The van der Waals surface area contributed by atoms with Gasteiger partial charge in [0.15, 0.2) is 5.25 Å². The van der Waals surface area contributed by atoms with Gasteiger partial charge in [-0.2, -0.15) is 0 Å². The predicted molar refractivity (Wildman–Crippen MR) is 66.6 cm³/mol. The van der Waals surface area contributed by atoms with Crippen LogP contribution in [0, 0.1) is 17.0 Å². The van der Waals surface area contributed by atoms with E-state index in [1.807, 2.05) is 0 Å². The van der Waals surface area contributed by atoms with Crippen molar-refractivity contribution in [2.45, 2.75) is 25.6 Å². The fourth-order valence-corrected chi connectivity index (χ4v) is 2.47. The van der Waals surface area contributed by atoms with Crippen molar-refractivity contribution in [1.29, 1.82) is 0 Å². The first kappa shape index (κ1) is 14.3. The van der Waals surface area contributed by atoms with E-state index in [9.17, 15) is 18.9 Å². The van der Waals surface area contributed by atoms with E-state index in [1.165, 1.54) is 10.8 Å². The molecule has 20 heavy (non-hydrogen) atoms. The zero-order valence-corrected chi connectivity index (χ0v) is 11.5. The number of nitrogens with zero attached hydrogens (tertiary/aromatic N) is 4. The van der Waals surface area contributed by atoms with Crippen LogP contribution in [0.25, 0.3) is 0 Å². The molecule has 108 valence electrons. The lowest BCUT2D eigenvalue weighted by atomic mass is 10.4. The van der Waals surface area contributed by atoms with Crippen molar-refractivity contribution in [3.05, 3.63) is 40.0 Å². The minimum absolute atomic E-state index is 0.00869. The van der Waals surface area contributed by atoms with E-state index in [1.54, 1.807) is 13.8 Å². The minimum atomic E-state index is -2.62. The van der Waals surface area contributed by atoms with Crippen molar-refractivity contribution < 1.29 is 18.1 Å². The van der Waals surface area contributed by atoms with Crippen molar-refractivity contribution in [1.82, 2.24) is 14.5 Å². The molecule has 0 spiro atoms. The third-order valence-corrected chi connectivity index (χ3v) is 3.46. The standard InChI is InChI=1S/C10H12N4O5S/c1-3-13-7(14(15)16)5-11-9(13)8(20(17)18)10-12-4-6(2)19-10/h4-5,8H,3H2,1-2H3,(H,17,18)/p-1. The predicted octanol–water partition coefficient (Wildman–Crippen LogP) is 1.08. The highest BCUT2D eigenvalue weighted by molar-refractivity contribution is 7.79. The zero-order valence-electron chi connectivity index (χ0n) is 10.7. The second kappa shape index (κ2) is 5.51. The molecule has 0 radical (unpaired) electrons. The number of aromatic nitrogens is 3. The van der Waals surface area contributed by atoms with Gasteiger partial charge >= 0.3 is 5.82 Å². The first-order valence-corrected chi connectivity index (χ1v) is 6.79. The van der Waals surface area contributed by atoms with Gasteiger partial charge in [0.2, 0.25) is 11.7 Å². The van der Waals surface area contributed by atoms with Crippen LogP contribution in [0.2, 0.25) is 0 Å². The molecule has 0 saturated carbocycles. The summed E-state index contributed by atoms with van der Waals surface area (Å²) in [6, 6.07) is 0. The van der Waals surface area contributed by atoms with Crippen LogP contribution in [0.3, 0.4) is 0 Å². The molecule has 9 nitrogen and oxygen atoms in total. The summed E-state index contributed by atoms with van der Waals surface area (Å²) >= 11 is -2.62. The van der Waals surface area contributed by atoms with Gasteiger partial charge in [0.1, 0.15) is 12.0 Å². The quantitative estimate of drug-likeness (QED) is 0.459. The zero-order chi connectivity index (χ0) is 14.9. The molecule has 0 aliphatic carbocycles. The van der Waals surface area contributed by atoms with Gasteiger partial charge in [-0.3, -0.25) is 4.21 Å². The van der Waals surface area contributed by atoms with Crippen LogP contribution in [0.1, 0.15) is 29.6 Å². The van der Waals surface area contributed by atoms with Crippen molar-refractivity contribution in [3.63, 3.8) is 0 Å². The molecule has 2 atom stereocenters. The summed E-state index contributed by atoms with van der Waals surface area (Å²) in [5.74, 6) is 0.112. The Morgan fingerprint density at radius 3 is 2.65 bits per heavy atom. The van der Waals surface area contributed by atoms with Crippen LogP contribution in [0.4, 0.5) is 5.82 Å². The third-order valence-electron chi connectivity index (χ3n) is 2.66. The van der Waals surface area contributed by atoms with Crippen LogP contribution in [0.15, 0.2) is 16.8 Å². The monoisotopic (exact) mass is 299 g/mol. The summed E-state index contributed by atoms with van der Waals surface area (Å²) in [6.45, 7) is 3.48. The van der Waals surface area contributed by atoms with Crippen molar-refractivity contribution in [2.24, 2.45) is 0 Å². The molecular formula is C10H11N4O5S-. The van der Waals surface area contributed by atoms with E-state index < -0.39 is 21.3 Å². The molecule has 0 fully saturated rings. The van der Waals surface area contributed by atoms with Gasteiger partial charge in [0.05, 0.1) is 12.7 Å². The molecule has 10 heteroatoms. The highest BCUT2D eigenvalue weighted by Crippen LogP contribution is 2.28. The summed E-state index contributed by atoms with van der Waals surface area (Å²) in [5, 5.41) is 9.60. The van der Waals surface area contributed by atoms with Gasteiger partial charge < -0.3 is 19.1 Å².